The number of rotatable bonds is 5. The molecule has 0 aromatic carbocycles. The molecule has 0 aromatic heterocycles. The summed E-state index contributed by atoms with van der Waals surface area (Å²) < 4.78 is 29.5. The van der Waals surface area contributed by atoms with Gasteiger partial charge in [0.25, 0.3) is 0 Å². The van der Waals surface area contributed by atoms with Gasteiger partial charge in [0, 0.05) is 5.41 Å². The highest BCUT2D eigenvalue weighted by molar-refractivity contribution is 7.89. The molecular weight excluding hydrogens is 286 g/mol. The molecule has 0 saturated heterocycles. The Balaban J connectivity index is 1.97. The third-order valence-electron chi connectivity index (χ3n) is 5.10. The zero-order chi connectivity index (χ0) is 15.2. The average Bonchev–Trinajstić information content (AvgIpc) is 2.77. The number of nitrogens with two attached hydrogens (primary N) is 1. The number of ether oxygens (including phenoxy) is 1. The molecule has 2 rings (SSSR count). The molecule has 0 unspecified atom stereocenters. The van der Waals surface area contributed by atoms with E-state index >= 15 is 0 Å². The van der Waals surface area contributed by atoms with E-state index in [-0.39, 0.29) is 11.2 Å². The Labute approximate surface area is 129 Å². The Morgan fingerprint density at radius 1 is 0.905 bits per heavy atom. The standard InChI is InChI=1S/C16H31NO3S/c17-21(18,19)14-16(11-7-3-4-8-12-16)13-20-15-9-5-1-2-6-10-15/h15H,1-14H2,(H2,17,18,19). The molecule has 2 saturated carbocycles. The van der Waals surface area contributed by atoms with E-state index in [9.17, 15) is 8.42 Å². The van der Waals surface area contributed by atoms with E-state index in [2.05, 4.69) is 0 Å². The molecule has 0 bridgehead atoms. The second kappa shape index (κ2) is 7.93. The van der Waals surface area contributed by atoms with Crippen LogP contribution in [0, 0.1) is 5.41 Å². The van der Waals surface area contributed by atoms with Gasteiger partial charge in [-0.05, 0) is 25.7 Å². The van der Waals surface area contributed by atoms with Crippen molar-refractivity contribution in [2.45, 2.75) is 83.2 Å². The number of hydrogen-bond donors (Lipinski definition) is 1. The van der Waals surface area contributed by atoms with E-state index in [4.69, 9.17) is 9.88 Å². The first-order valence-corrected chi connectivity index (χ1v) is 10.3. The molecule has 0 heterocycles. The summed E-state index contributed by atoms with van der Waals surface area (Å²) in [5.74, 6) is 0.0900. The zero-order valence-corrected chi connectivity index (χ0v) is 14.0. The van der Waals surface area contributed by atoms with Gasteiger partial charge < -0.3 is 4.74 Å². The van der Waals surface area contributed by atoms with E-state index < -0.39 is 10.0 Å². The lowest BCUT2D eigenvalue weighted by Crippen LogP contribution is -2.38. The van der Waals surface area contributed by atoms with Gasteiger partial charge in [0.15, 0.2) is 0 Å². The van der Waals surface area contributed by atoms with E-state index in [1.807, 2.05) is 0 Å². The molecule has 0 radical (unpaired) electrons. The van der Waals surface area contributed by atoms with E-state index in [0.717, 1.165) is 38.5 Å². The molecule has 0 aromatic rings. The minimum atomic E-state index is -3.44. The van der Waals surface area contributed by atoms with Crippen LogP contribution in [0.1, 0.15) is 77.0 Å². The molecule has 4 nitrogen and oxygen atoms in total. The maximum absolute atomic E-state index is 11.6. The summed E-state index contributed by atoms with van der Waals surface area (Å²) in [5.41, 5.74) is -0.240. The highest BCUT2D eigenvalue weighted by atomic mass is 32.2. The lowest BCUT2D eigenvalue weighted by Gasteiger charge is -2.33. The maximum atomic E-state index is 11.6. The van der Waals surface area contributed by atoms with Crippen molar-refractivity contribution < 1.29 is 13.2 Å². The van der Waals surface area contributed by atoms with Gasteiger partial charge in [0.05, 0.1) is 18.5 Å². The van der Waals surface area contributed by atoms with Crippen LogP contribution in [0.15, 0.2) is 0 Å². The van der Waals surface area contributed by atoms with Crippen molar-refractivity contribution >= 4 is 10.0 Å². The van der Waals surface area contributed by atoms with Crippen LogP contribution in [0.5, 0.6) is 0 Å². The van der Waals surface area contributed by atoms with Crippen molar-refractivity contribution in [1.82, 2.24) is 0 Å². The number of sulfonamides is 1. The van der Waals surface area contributed by atoms with Crippen LogP contribution in [-0.2, 0) is 14.8 Å². The van der Waals surface area contributed by atoms with Gasteiger partial charge in [-0.15, -0.1) is 0 Å². The Bertz CT molecular complexity index is 392. The normalized spacial score (nSPS) is 25.2. The molecule has 2 fully saturated rings. The third kappa shape index (κ3) is 6.25. The Morgan fingerprint density at radius 3 is 1.95 bits per heavy atom. The van der Waals surface area contributed by atoms with Crippen LogP contribution in [-0.4, -0.2) is 26.9 Å². The molecule has 0 atom stereocenters. The fourth-order valence-electron chi connectivity index (χ4n) is 3.94. The summed E-state index contributed by atoms with van der Waals surface area (Å²) in [6, 6.07) is 0. The van der Waals surface area contributed by atoms with Crippen LogP contribution >= 0.6 is 0 Å². The second-order valence-electron chi connectivity index (χ2n) is 7.15. The molecule has 21 heavy (non-hydrogen) atoms. The van der Waals surface area contributed by atoms with Crippen molar-refractivity contribution in [2.75, 3.05) is 12.4 Å². The monoisotopic (exact) mass is 317 g/mol. The van der Waals surface area contributed by atoms with Crippen molar-refractivity contribution in [3.05, 3.63) is 0 Å². The van der Waals surface area contributed by atoms with Crippen LogP contribution in [0.2, 0.25) is 0 Å². The lowest BCUT2D eigenvalue weighted by molar-refractivity contribution is -0.0144. The van der Waals surface area contributed by atoms with Crippen LogP contribution < -0.4 is 5.14 Å². The van der Waals surface area contributed by atoms with E-state index in [1.165, 1.54) is 38.5 Å². The lowest BCUT2D eigenvalue weighted by atomic mass is 9.83. The van der Waals surface area contributed by atoms with Gasteiger partial charge in [0.2, 0.25) is 10.0 Å². The van der Waals surface area contributed by atoms with Crippen LogP contribution in [0.3, 0.4) is 0 Å². The first-order chi connectivity index (χ1) is 9.99. The molecule has 124 valence electrons. The largest absolute Gasteiger partial charge is 0.378 e. The average molecular weight is 317 g/mol. The molecule has 0 spiro atoms. The summed E-state index contributed by atoms with van der Waals surface area (Å²) in [5, 5.41) is 5.35. The molecule has 2 aliphatic rings. The molecular formula is C16H31NO3S. The van der Waals surface area contributed by atoms with Gasteiger partial charge in [0.1, 0.15) is 0 Å². The molecule has 0 aliphatic heterocycles. The molecule has 0 amide bonds. The number of primary sulfonamides is 1. The molecule has 2 N–H and O–H groups in total. The van der Waals surface area contributed by atoms with Gasteiger partial charge in [-0.1, -0.05) is 51.4 Å². The van der Waals surface area contributed by atoms with Crippen molar-refractivity contribution in [2.24, 2.45) is 10.6 Å². The fourth-order valence-corrected chi connectivity index (χ4v) is 5.16. The topological polar surface area (TPSA) is 69.4 Å². The van der Waals surface area contributed by atoms with Crippen molar-refractivity contribution in [3.63, 3.8) is 0 Å². The zero-order valence-electron chi connectivity index (χ0n) is 13.2. The quantitative estimate of drug-likeness (QED) is 0.790. The Morgan fingerprint density at radius 2 is 1.43 bits per heavy atom. The van der Waals surface area contributed by atoms with Gasteiger partial charge >= 0.3 is 0 Å². The van der Waals surface area contributed by atoms with Gasteiger partial charge in [-0.2, -0.15) is 0 Å². The maximum Gasteiger partial charge on any atom is 0.209 e. The SMILES string of the molecule is NS(=O)(=O)CC1(COC2CCCCCC2)CCCCCC1. The fraction of sp³-hybridized carbons (Fsp3) is 1.00. The summed E-state index contributed by atoms with van der Waals surface area (Å²) in [4.78, 5) is 0. The van der Waals surface area contributed by atoms with E-state index in [0.29, 0.717) is 12.7 Å². The Kier molecular flexibility index (Phi) is 6.51. The predicted molar refractivity (Wildman–Crippen MR) is 85.6 cm³/mol. The minimum absolute atomic E-state index is 0.0900. The molecule has 2 aliphatic carbocycles. The van der Waals surface area contributed by atoms with Gasteiger partial charge in [-0.25, -0.2) is 13.6 Å². The van der Waals surface area contributed by atoms with E-state index in [1.54, 1.807) is 0 Å². The highest BCUT2D eigenvalue weighted by Crippen LogP contribution is 2.37. The number of hydrogen-bond acceptors (Lipinski definition) is 3. The summed E-state index contributed by atoms with van der Waals surface area (Å²) in [6.07, 6.45) is 14.2. The van der Waals surface area contributed by atoms with Crippen molar-refractivity contribution in [1.29, 1.82) is 0 Å². The summed E-state index contributed by atoms with van der Waals surface area (Å²) in [6.45, 7) is 0.577. The van der Waals surface area contributed by atoms with Gasteiger partial charge in [-0.3, -0.25) is 0 Å². The first kappa shape index (κ1) is 17.2. The van der Waals surface area contributed by atoms with Crippen molar-refractivity contribution in [3.8, 4) is 0 Å². The minimum Gasteiger partial charge on any atom is -0.378 e. The second-order valence-corrected chi connectivity index (χ2v) is 8.76. The van der Waals surface area contributed by atoms with Crippen LogP contribution in [0.25, 0.3) is 0 Å². The highest BCUT2D eigenvalue weighted by Gasteiger charge is 2.36. The summed E-state index contributed by atoms with van der Waals surface area (Å²) >= 11 is 0. The third-order valence-corrected chi connectivity index (χ3v) is 6.11. The molecule has 5 heteroatoms. The first-order valence-electron chi connectivity index (χ1n) is 8.61. The predicted octanol–water partition coefficient (Wildman–Crippen LogP) is 3.35. The Hall–Kier alpha value is -0.130. The van der Waals surface area contributed by atoms with Crippen LogP contribution in [0.4, 0.5) is 0 Å². The summed E-state index contributed by atoms with van der Waals surface area (Å²) in [7, 11) is -3.44. The smallest absolute Gasteiger partial charge is 0.209 e.